The smallest absolute Gasteiger partial charge is 0.126 e. The van der Waals surface area contributed by atoms with Gasteiger partial charge in [0.15, 0.2) is 0 Å². The summed E-state index contributed by atoms with van der Waals surface area (Å²) in [5.41, 5.74) is 2.05. The average Bonchev–Trinajstić information content (AvgIpc) is 2.81. The monoisotopic (exact) mass is 318 g/mol. The van der Waals surface area contributed by atoms with Crippen molar-refractivity contribution in [1.29, 1.82) is 0 Å². The Morgan fingerprint density at radius 3 is 2.59 bits per heavy atom. The van der Waals surface area contributed by atoms with Crippen molar-refractivity contribution in [2.45, 2.75) is 39.7 Å². The number of benzene rings is 1. The number of aromatic nitrogens is 1. The van der Waals surface area contributed by atoms with E-state index in [1.54, 1.807) is 12.1 Å². The minimum atomic E-state index is -0.0549. The van der Waals surface area contributed by atoms with E-state index in [-0.39, 0.29) is 5.82 Å². The van der Waals surface area contributed by atoms with Gasteiger partial charge in [0, 0.05) is 11.4 Å². The van der Waals surface area contributed by atoms with Crippen LogP contribution in [-0.2, 0) is 13.0 Å². The van der Waals surface area contributed by atoms with Crippen molar-refractivity contribution < 1.29 is 4.39 Å². The zero-order valence-corrected chi connectivity index (χ0v) is 14.1. The molecule has 0 N–H and O–H groups in total. The van der Waals surface area contributed by atoms with Gasteiger partial charge < -0.3 is 0 Å². The average molecular weight is 318 g/mol. The van der Waals surface area contributed by atoms with Gasteiger partial charge in [-0.1, -0.05) is 18.2 Å². The molecular formula is C18H23FN2S. The maximum atomic E-state index is 13.7. The topological polar surface area (TPSA) is 16.1 Å². The molecule has 0 unspecified atom stereocenters. The molecule has 2 nitrogen and oxygen atoms in total. The van der Waals surface area contributed by atoms with E-state index >= 15 is 0 Å². The molecule has 22 heavy (non-hydrogen) atoms. The molecule has 0 spiro atoms. The number of rotatable bonds is 4. The largest absolute Gasteiger partial charge is 0.298 e. The van der Waals surface area contributed by atoms with Gasteiger partial charge in [-0.05, 0) is 63.7 Å². The van der Waals surface area contributed by atoms with Crippen LogP contribution in [-0.4, -0.2) is 23.0 Å². The number of halogens is 1. The van der Waals surface area contributed by atoms with Gasteiger partial charge in [-0.3, -0.25) is 4.90 Å². The van der Waals surface area contributed by atoms with Crippen LogP contribution in [0.3, 0.4) is 0 Å². The van der Waals surface area contributed by atoms with Crippen LogP contribution >= 0.6 is 11.3 Å². The second-order valence-electron chi connectivity index (χ2n) is 6.26. The van der Waals surface area contributed by atoms with Crippen molar-refractivity contribution in [2.24, 2.45) is 5.92 Å². The van der Waals surface area contributed by atoms with E-state index in [0.29, 0.717) is 5.92 Å². The molecular weight excluding hydrogens is 295 g/mol. The van der Waals surface area contributed by atoms with E-state index < -0.39 is 0 Å². The Kier molecular flexibility index (Phi) is 4.89. The molecule has 1 fully saturated rings. The Balaban J connectivity index is 1.52. The minimum Gasteiger partial charge on any atom is -0.298 e. The number of nitrogens with zero attached hydrogens (tertiary/aromatic N) is 2. The van der Waals surface area contributed by atoms with Gasteiger partial charge in [0.05, 0.1) is 10.7 Å². The lowest BCUT2D eigenvalue weighted by Crippen LogP contribution is -2.33. The molecule has 3 rings (SSSR count). The number of likely N-dealkylation sites (tertiary alicyclic amines) is 1. The van der Waals surface area contributed by atoms with E-state index in [9.17, 15) is 4.39 Å². The number of hydrogen-bond donors (Lipinski definition) is 0. The number of aryl methyl sites for hydroxylation is 2. The molecule has 1 aromatic heterocycles. The third kappa shape index (κ3) is 3.73. The lowest BCUT2D eigenvalue weighted by Gasteiger charge is -2.31. The van der Waals surface area contributed by atoms with Gasteiger partial charge in [0.1, 0.15) is 5.82 Å². The Hall–Kier alpha value is -1.26. The number of hydrogen-bond acceptors (Lipinski definition) is 3. The highest BCUT2D eigenvalue weighted by Crippen LogP contribution is 2.26. The maximum absolute atomic E-state index is 13.7. The zero-order chi connectivity index (χ0) is 15.5. The highest BCUT2D eigenvalue weighted by molar-refractivity contribution is 7.11. The summed E-state index contributed by atoms with van der Waals surface area (Å²) < 4.78 is 13.7. The molecule has 2 aromatic rings. The van der Waals surface area contributed by atoms with E-state index in [2.05, 4.69) is 23.7 Å². The van der Waals surface area contributed by atoms with E-state index in [4.69, 9.17) is 0 Å². The quantitative estimate of drug-likeness (QED) is 0.833. The predicted molar refractivity (Wildman–Crippen MR) is 89.7 cm³/mol. The van der Waals surface area contributed by atoms with Crippen LogP contribution in [0.5, 0.6) is 0 Å². The summed E-state index contributed by atoms with van der Waals surface area (Å²) in [6.07, 6.45) is 3.19. The van der Waals surface area contributed by atoms with Gasteiger partial charge >= 0.3 is 0 Å². The van der Waals surface area contributed by atoms with Gasteiger partial charge in [-0.25, -0.2) is 9.37 Å². The first kappa shape index (κ1) is 15.6. The fourth-order valence-corrected chi connectivity index (χ4v) is 4.23. The van der Waals surface area contributed by atoms with Crippen LogP contribution in [0.2, 0.25) is 0 Å². The molecule has 2 heterocycles. The van der Waals surface area contributed by atoms with Gasteiger partial charge in [0.25, 0.3) is 0 Å². The molecule has 1 aromatic carbocycles. The molecule has 118 valence electrons. The highest BCUT2D eigenvalue weighted by Gasteiger charge is 2.21. The number of thiazole rings is 1. The Morgan fingerprint density at radius 1 is 1.23 bits per heavy atom. The van der Waals surface area contributed by atoms with Crippen molar-refractivity contribution in [3.8, 4) is 0 Å². The summed E-state index contributed by atoms with van der Waals surface area (Å²) in [6.45, 7) is 7.40. The van der Waals surface area contributed by atoms with Crippen LogP contribution in [0.4, 0.5) is 4.39 Å². The van der Waals surface area contributed by atoms with Crippen LogP contribution in [0.15, 0.2) is 24.3 Å². The second kappa shape index (κ2) is 6.88. The summed E-state index contributed by atoms with van der Waals surface area (Å²) >= 11 is 1.81. The van der Waals surface area contributed by atoms with Crippen LogP contribution in [0.25, 0.3) is 0 Å². The van der Waals surface area contributed by atoms with E-state index in [1.165, 1.54) is 10.6 Å². The van der Waals surface area contributed by atoms with Gasteiger partial charge in [0.2, 0.25) is 0 Å². The van der Waals surface area contributed by atoms with Crippen LogP contribution in [0.1, 0.15) is 34.0 Å². The SMILES string of the molecule is Cc1nc(C)c(CN2CCC(Cc3ccccc3F)CC2)s1. The molecule has 1 saturated heterocycles. The van der Waals surface area contributed by atoms with Crippen LogP contribution in [0, 0.1) is 25.6 Å². The fraction of sp³-hybridized carbons (Fsp3) is 0.500. The summed E-state index contributed by atoms with van der Waals surface area (Å²) in [4.78, 5) is 8.41. The highest BCUT2D eigenvalue weighted by atomic mass is 32.1. The first-order valence-electron chi connectivity index (χ1n) is 8.00. The Bertz CT molecular complexity index is 630. The molecule has 0 radical (unpaired) electrons. The first-order valence-corrected chi connectivity index (χ1v) is 8.82. The first-order chi connectivity index (χ1) is 10.6. The molecule has 0 saturated carbocycles. The Morgan fingerprint density at radius 2 is 1.95 bits per heavy atom. The fourth-order valence-electron chi connectivity index (χ4n) is 3.25. The third-order valence-electron chi connectivity index (χ3n) is 4.54. The molecule has 4 heteroatoms. The maximum Gasteiger partial charge on any atom is 0.126 e. The summed E-state index contributed by atoms with van der Waals surface area (Å²) in [7, 11) is 0. The molecule has 1 aliphatic heterocycles. The molecule has 0 atom stereocenters. The molecule has 0 amide bonds. The van der Waals surface area contributed by atoms with Gasteiger partial charge in [-0.15, -0.1) is 11.3 Å². The van der Waals surface area contributed by atoms with Crippen molar-refractivity contribution >= 4 is 11.3 Å². The zero-order valence-electron chi connectivity index (χ0n) is 13.3. The third-order valence-corrected chi connectivity index (χ3v) is 5.60. The molecule has 0 bridgehead atoms. The van der Waals surface area contributed by atoms with E-state index in [0.717, 1.165) is 49.5 Å². The Labute approximate surface area is 136 Å². The second-order valence-corrected chi connectivity index (χ2v) is 7.54. The van der Waals surface area contributed by atoms with Crippen molar-refractivity contribution in [2.75, 3.05) is 13.1 Å². The van der Waals surface area contributed by atoms with Gasteiger partial charge in [-0.2, -0.15) is 0 Å². The molecule has 1 aliphatic rings. The lowest BCUT2D eigenvalue weighted by molar-refractivity contribution is 0.177. The summed E-state index contributed by atoms with van der Waals surface area (Å²) in [5.74, 6) is 0.554. The lowest BCUT2D eigenvalue weighted by atomic mass is 9.90. The van der Waals surface area contributed by atoms with Crippen molar-refractivity contribution in [1.82, 2.24) is 9.88 Å². The minimum absolute atomic E-state index is 0.0549. The van der Waals surface area contributed by atoms with Crippen molar-refractivity contribution in [3.63, 3.8) is 0 Å². The predicted octanol–water partition coefficient (Wildman–Crippen LogP) is 4.35. The standard InChI is InChI=1S/C18H23FN2S/c1-13-18(22-14(2)20-13)12-21-9-7-15(8-10-21)11-16-5-3-4-6-17(16)19/h3-6,15H,7-12H2,1-2H3. The normalized spacial score (nSPS) is 17.0. The summed E-state index contributed by atoms with van der Waals surface area (Å²) in [6, 6.07) is 7.19. The number of piperidine rings is 1. The van der Waals surface area contributed by atoms with Crippen LogP contribution < -0.4 is 0 Å². The van der Waals surface area contributed by atoms with Crippen molar-refractivity contribution in [3.05, 3.63) is 51.2 Å². The van der Waals surface area contributed by atoms with E-state index in [1.807, 2.05) is 23.5 Å². The molecule has 0 aliphatic carbocycles. The summed E-state index contributed by atoms with van der Waals surface area (Å²) in [5, 5.41) is 1.15.